The van der Waals surface area contributed by atoms with Gasteiger partial charge in [-0.3, -0.25) is 14.1 Å². The third-order valence-electron chi connectivity index (χ3n) is 6.88. The van der Waals surface area contributed by atoms with Crippen LogP contribution in [0.4, 0.5) is 0 Å². The Bertz CT molecular complexity index is 905. The van der Waals surface area contributed by atoms with Gasteiger partial charge < -0.3 is 24.4 Å². The molecule has 0 saturated heterocycles. The van der Waals surface area contributed by atoms with Crippen molar-refractivity contribution in [2.24, 2.45) is 5.92 Å². The van der Waals surface area contributed by atoms with Crippen molar-refractivity contribution in [3.63, 3.8) is 0 Å². The molecule has 0 aromatic rings. The van der Waals surface area contributed by atoms with Gasteiger partial charge in [0, 0.05) is 12.8 Å². The topological polar surface area (TPSA) is 140 Å². The standard InChI is InChI=1S/C35H61O9P/c1-4-5-6-7-8-9-10-11-12-13-14-18-21-25-32(36)26-23-28-34(37)42-29-33(30-43-45(39,40)41)44-35(38)27-22-19-16-15-17-20-24-31(2)3/h8-9,11-12,14,18,21,25,31-33,36H,4-7,10,13,15-17,19-20,22-24,26-30H2,1-3H3,(H2,39,40,41)/b9-8-,12-11-,18-14-,25-21+/t32-,33-/m1/s1. The Labute approximate surface area is 272 Å². The number of hydrogen-bond acceptors (Lipinski definition) is 7. The van der Waals surface area contributed by atoms with Crippen LogP contribution in [0.1, 0.15) is 130 Å². The van der Waals surface area contributed by atoms with E-state index in [9.17, 15) is 19.3 Å². The number of esters is 2. The van der Waals surface area contributed by atoms with Crippen molar-refractivity contribution in [1.82, 2.24) is 0 Å². The Morgan fingerprint density at radius 2 is 1.38 bits per heavy atom. The second-order valence-corrected chi connectivity index (χ2v) is 13.1. The zero-order valence-corrected chi connectivity index (χ0v) is 28.9. The van der Waals surface area contributed by atoms with E-state index in [1.54, 1.807) is 12.2 Å². The molecule has 0 amide bonds. The Kier molecular flexibility index (Phi) is 28.1. The fourth-order valence-corrected chi connectivity index (χ4v) is 4.67. The number of phosphoric ester groups is 1. The molecule has 0 aliphatic carbocycles. The van der Waals surface area contributed by atoms with Gasteiger partial charge in [0.1, 0.15) is 6.61 Å². The van der Waals surface area contributed by atoms with Gasteiger partial charge in [0.25, 0.3) is 0 Å². The summed E-state index contributed by atoms with van der Waals surface area (Å²) in [5.74, 6) is -0.385. The van der Waals surface area contributed by atoms with E-state index < -0.39 is 38.6 Å². The van der Waals surface area contributed by atoms with Crippen LogP contribution in [0.2, 0.25) is 0 Å². The Hall–Kier alpha value is -2.03. The molecule has 0 aliphatic rings. The molecule has 0 radical (unpaired) electrons. The molecule has 45 heavy (non-hydrogen) atoms. The molecule has 10 heteroatoms. The van der Waals surface area contributed by atoms with Gasteiger partial charge in [-0.2, -0.15) is 0 Å². The first-order valence-electron chi connectivity index (χ1n) is 16.9. The number of phosphoric acid groups is 1. The van der Waals surface area contributed by atoms with Crippen LogP contribution in [0.5, 0.6) is 0 Å². The molecule has 0 aromatic carbocycles. The Morgan fingerprint density at radius 3 is 2.07 bits per heavy atom. The zero-order chi connectivity index (χ0) is 33.6. The quantitative estimate of drug-likeness (QED) is 0.0238. The first kappa shape index (κ1) is 43.0. The van der Waals surface area contributed by atoms with Gasteiger partial charge in [-0.25, -0.2) is 4.57 Å². The number of hydrogen-bond donors (Lipinski definition) is 3. The van der Waals surface area contributed by atoms with Gasteiger partial charge in [-0.1, -0.05) is 121 Å². The summed E-state index contributed by atoms with van der Waals surface area (Å²) in [7, 11) is -4.79. The second-order valence-electron chi connectivity index (χ2n) is 11.8. The van der Waals surface area contributed by atoms with Crippen molar-refractivity contribution in [3.8, 4) is 0 Å². The largest absolute Gasteiger partial charge is 0.469 e. The van der Waals surface area contributed by atoms with Crippen molar-refractivity contribution < 1.29 is 43.0 Å². The summed E-state index contributed by atoms with van der Waals surface area (Å²) in [4.78, 5) is 42.5. The molecule has 0 unspecified atom stereocenters. The number of allylic oxidation sites excluding steroid dienone is 7. The highest BCUT2D eigenvalue weighted by molar-refractivity contribution is 7.46. The summed E-state index contributed by atoms with van der Waals surface area (Å²) < 4.78 is 26.0. The Balaban J connectivity index is 4.24. The van der Waals surface area contributed by atoms with E-state index in [4.69, 9.17) is 19.3 Å². The summed E-state index contributed by atoms with van der Waals surface area (Å²) in [6.45, 7) is 5.66. The third-order valence-corrected chi connectivity index (χ3v) is 7.37. The molecule has 0 saturated carbocycles. The molecule has 3 N–H and O–H groups in total. The van der Waals surface area contributed by atoms with Crippen LogP contribution in [0.25, 0.3) is 0 Å². The first-order chi connectivity index (χ1) is 21.5. The van der Waals surface area contributed by atoms with Gasteiger partial charge >= 0.3 is 19.8 Å². The number of aliphatic hydroxyl groups is 1. The number of aliphatic hydroxyl groups excluding tert-OH is 1. The van der Waals surface area contributed by atoms with Gasteiger partial charge in [0.05, 0.1) is 12.7 Å². The van der Waals surface area contributed by atoms with Crippen LogP contribution >= 0.6 is 7.82 Å². The fourth-order valence-electron chi connectivity index (χ4n) is 4.31. The summed E-state index contributed by atoms with van der Waals surface area (Å²) in [5.41, 5.74) is 0. The molecular weight excluding hydrogens is 595 g/mol. The van der Waals surface area contributed by atoms with Crippen LogP contribution in [-0.4, -0.2) is 52.3 Å². The lowest BCUT2D eigenvalue weighted by Gasteiger charge is -2.18. The minimum Gasteiger partial charge on any atom is -0.462 e. The van der Waals surface area contributed by atoms with E-state index in [0.717, 1.165) is 38.5 Å². The molecule has 0 spiro atoms. The summed E-state index contributed by atoms with van der Waals surface area (Å²) in [5, 5.41) is 10.1. The van der Waals surface area contributed by atoms with Gasteiger partial charge in [0.15, 0.2) is 6.10 Å². The molecule has 0 bridgehead atoms. The van der Waals surface area contributed by atoms with Crippen LogP contribution < -0.4 is 0 Å². The predicted octanol–water partition coefficient (Wildman–Crippen LogP) is 8.44. The molecular formula is C35H61O9P. The summed E-state index contributed by atoms with van der Waals surface area (Å²) in [6.07, 6.45) is 29.0. The minimum absolute atomic E-state index is 0.0375. The predicted molar refractivity (Wildman–Crippen MR) is 180 cm³/mol. The molecule has 0 rings (SSSR count). The highest BCUT2D eigenvalue weighted by Gasteiger charge is 2.23. The minimum atomic E-state index is -4.79. The molecule has 0 aliphatic heterocycles. The first-order valence-corrected chi connectivity index (χ1v) is 18.4. The fraction of sp³-hybridized carbons (Fsp3) is 0.714. The number of rotatable bonds is 29. The second kappa shape index (κ2) is 29.4. The lowest BCUT2D eigenvalue weighted by molar-refractivity contribution is -0.161. The van der Waals surface area contributed by atoms with Crippen LogP contribution in [-0.2, 0) is 28.2 Å². The number of unbranched alkanes of at least 4 members (excludes halogenated alkanes) is 8. The molecule has 260 valence electrons. The van der Waals surface area contributed by atoms with Crippen molar-refractivity contribution >= 4 is 19.8 Å². The summed E-state index contributed by atoms with van der Waals surface area (Å²) in [6, 6.07) is 0. The van der Waals surface area contributed by atoms with Crippen LogP contribution in [0.15, 0.2) is 48.6 Å². The number of ether oxygens (including phenoxy) is 2. The average Bonchev–Trinajstić information content (AvgIpc) is 2.97. The molecule has 0 fully saturated rings. The summed E-state index contributed by atoms with van der Waals surface area (Å²) >= 11 is 0. The van der Waals surface area contributed by atoms with Crippen molar-refractivity contribution in [2.45, 2.75) is 142 Å². The number of carbonyl (C=O) groups excluding carboxylic acids is 2. The SMILES string of the molecule is CCCCC/C=C\C/C=C\C/C=C\C=C\[C@@H](O)CCCC(=O)OC[C@H](COP(=O)(O)O)OC(=O)CCCCCCCCC(C)C. The smallest absolute Gasteiger partial charge is 0.462 e. The van der Waals surface area contributed by atoms with E-state index in [1.807, 2.05) is 12.2 Å². The van der Waals surface area contributed by atoms with Crippen molar-refractivity contribution in [1.29, 1.82) is 0 Å². The van der Waals surface area contributed by atoms with E-state index in [1.165, 1.54) is 38.5 Å². The normalized spacial score (nSPS) is 13.9. The molecule has 2 atom stereocenters. The van der Waals surface area contributed by atoms with Gasteiger partial charge in [0.2, 0.25) is 0 Å². The molecule has 9 nitrogen and oxygen atoms in total. The molecule has 0 heterocycles. The molecule has 0 aromatic heterocycles. The lowest BCUT2D eigenvalue weighted by Crippen LogP contribution is -2.29. The third kappa shape index (κ3) is 33.2. The number of carbonyl (C=O) groups is 2. The maximum absolute atomic E-state index is 12.3. The van der Waals surface area contributed by atoms with Crippen molar-refractivity contribution in [3.05, 3.63) is 48.6 Å². The van der Waals surface area contributed by atoms with Crippen molar-refractivity contribution in [2.75, 3.05) is 13.2 Å². The van der Waals surface area contributed by atoms with E-state index in [-0.39, 0.29) is 19.4 Å². The highest BCUT2D eigenvalue weighted by Crippen LogP contribution is 2.35. The monoisotopic (exact) mass is 656 g/mol. The maximum Gasteiger partial charge on any atom is 0.469 e. The Morgan fingerprint density at radius 1 is 0.733 bits per heavy atom. The lowest BCUT2D eigenvalue weighted by atomic mass is 10.0. The zero-order valence-electron chi connectivity index (χ0n) is 28.0. The average molecular weight is 657 g/mol. The highest BCUT2D eigenvalue weighted by atomic mass is 31.2. The van der Waals surface area contributed by atoms with Crippen LogP contribution in [0, 0.1) is 5.92 Å². The van der Waals surface area contributed by atoms with E-state index in [2.05, 4.69) is 49.6 Å². The van der Waals surface area contributed by atoms with Gasteiger partial charge in [-0.15, -0.1) is 0 Å². The maximum atomic E-state index is 12.3. The van der Waals surface area contributed by atoms with E-state index >= 15 is 0 Å². The van der Waals surface area contributed by atoms with Crippen LogP contribution in [0.3, 0.4) is 0 Å². The van der Waals surface area contributed by atoms with E-state index in [0.29, 0.717) is 25.2 Å². The van der Waals surface area contributed by atoms with Gasteiger partial charge in [-0.05, 0) is 50.9 Å².